The van der Waals surface area contributed by atoms with Gasteiger partial charge in [-0.15, -0.1) is 0 Å². The number of alkyl halides is 3. The van der Waals surface area contributed by atoms with Crippen molar-refractivity contribution in [1.82, 2.24) is 0 Å². The molecule has 0 fully saturated rings. The van der Waals surface area contributed by atoms with Gasteiger partial charge in [0.2, 0.25) is 0 Å². The molecule has 110 valence electrons. The Kier molecular flexibility index (Phi) is 4.06. The summed E-state index contributed by atoms with van der Waals surface area (Å²) in [6, 6.07) is 9.98. The first kappa shape index (κ1) is 15.2. The van der Waals surface area contributed by atoms with Crippen LogP contribution in [-0.4, -0.2) is 18.9 Å². The molecule has 0 aliphatic heterocycles. The van der Waals surface area contributed by atoms with Crippen molar-refractivity contribution in [3.63, 3.8) is 0 Å². The zero-order chi connectivity index (χ0) is 15.6. The van der Waals surface area contributed by atoms with E-state index in [9.17, 15) is 22.0 Å². The number of nitrogens with zero attached hydrogens (tertiary/aromatic N) is 1. The van der Waals surface area contributed by atoms with Crippen LogP contribution in [0.25, 0.3) is 11.1 Å². The van der Waals surface area contributed by atoms with Gasteiger partial charge in [0.1, 0.15) is 11.6 Å². The Morgan fingerprint density at radius 3 is 1.86 bits per heavy atom. The molecule has 0 saturated heterocycles. The molecule has 2 aromatic carbocycles. The molecule has 0 heterocycles. The highest BCUT2D eigenvalue weighted by Gasteiger charge is 2.39. The maximum absolute atomic E-state index is 13.9. The minimum absolute atomic E-state index is 0.159. The van der Waals surface area contributed by atoms with Gasteiger partial charge in [-0.1, -0.05) is 30.3 Å². The summed E-state index contributed by atoms with van der Waals surface area (Å²) in [5, 5.41) is 0. The number of aliphatic imine (C=N–C) groups is 1. The van der Waals surface area contributed by atoms with Crippen LogP contribution < -0.4 is 0 Å². The fourth-order valence-electron chi connectivity index (χ4n) is 1.98. The molecule has 0 aliphatic rings. The Bertz CT molecular complexity index is 651. The second kappa shape index (κ2) is 5.63. The Balaban J connectivity index is 2.58. The zero-order valence-electron chi connectivity index (χ0n) is 10.9. The summed E-state index contributed by atoms with van der Waals surface area (Å²) in [6.45, 7) is 0. The topological polar surface area (TPSA) is 12.4 Å². The van der Waals surface area contributed by atoms with Crippen molar-refractivity contribution < 1.29 is 22.0 Å². The predicted molar refractivity (Wildman–Crippen MR) is 70.3 cm³/mol. The molecule has 0 saturated carbocycles. The Morgan fingerprint density at radius 1 is 0.905 bits per heavy atom. The third-order valence-electron chi connectivity index (χ3n) is 2.88. The minimum atomic E-state index is -4.93. The van der Waals surface area contributed by atoms with E-state index in [0.29, 0.717) is 5.56 Å². The van der Waals surface area contributed by atoms with Crippen molar-refractivity contribution in [3.8, 4) is 11.1 Å². The van der Waals surface area contributed by atoms with Crippen LogP contribution in [0.3, 0.4) is 0 Å². The molecule has 0 bridgehead atoms. The molecule has 21 heavy (non-hydrogen) atoms. The normalized spacial score (nSPS) is 12.6. The van der Waals surface area contributed by atoms with Crippen molar-refractivity contribution in [3.05, 3.63) is 59.7 Å². The summed E-state index contributed by atoms with van der Waals surface area (Å²) >= 11 is 0. The standard InChI is InChI=1S/C15H10F5N/c1-21-14(15(18,19)20)13-11(16)7-10(8-12(13)17)9-5-3-2-4-6-9/h2-8H,1H3. The lowest BCUT2D eigenvalue weighted by atomic mass is 10.0. The van der Waals surface area contributed by atoms with E-state index >= 15 is 0 Å². The molecule has 0 radical (unpaired) electrons. The highest BCUT2D eigenvalue weighted by molar-refractivity contribution is 6.05. The largest absolute Gasteiger partial charge is 0.433 e. The SMILES string of the molecule is CN=C(c1c(F)cc(-c2ccccc2)cc1F)C(F)(F)F. The molecule has 6 heteroatoms. The highest BCUT2D eigenvalue weighted by Crippen LogP contribution is 2.29. The average molecular weight is 299 g/mol. The smallest absolute Gasteiger partial charge is 0.283 e. The van der Waals surface area contributed by atoms with Crippen LogP contribution in [0.5, 0.6) is 0 Å². The Hall–Kier alpha value is -2.24. The summed E-state index contributed by atoms with van der Waals surface area (Å²) in [7, 11) is 0.840. The van der Waals surface area contributed by atoms with E-state index in [1.807, 2.05) is 0 Å². The first-order valence-corrected chi connectivity index (χ1v) is 5.93. The fourth-order valence-corrected chi connectivity index (χ4v) is 1.98. The van der Waals surface area contributed by atoms with Gasteiger partial charge in [-0.25, -0.2) is 8.78 Å². The Morgan fingerprint density at radius 2 is 1.43 bits per heavy atom. The van der Waals surface area contributed by atoms with Gasteiger partial charge in [0.15, 0.2) is 5.71 Å². The van der Waals surface area contributed by atoms with E-state index in [-0.39, 0.29) is 5.56 Å². The van der Waals surface area contributed by atoms with Crippen molar-refractivity contribution in [2.45, 2.75) is 6.18 Å². The molecular formula is C15H10F5N. The lowest BCUT2D eigenvalue weighted by Gasteiger charge is -2.13. The average Bonchev–Trinajstić information content (AvgIpc) is 2.42. The van der Waals surface area contributed by atoms with E-state index in [1.54, 1.807) is 30.3 Å². The molecular weight excluding hydrogens is 289 g/mol. The van der Waals surface area contributed by atoms with Crippen LogP contribution in [0.1, 0.15) is 5.56 Å². The quantitative estimate of drug-likeness (QED) is 0.567. The van der Waals surface area contributed by atoms with Gasteiger partial charge < -0.3 is 0 Å². The monoisotopic (exact) mass is 299 g/mol. The number of hydrogen-bond donors (Lipinski definition) is 0. The zero-order valence-corrected chi connectivity index (χ0v) is 10.9. The summed E-state index contributed by atoms with van der Waals surface area (Å²) in [5.74, 6) is -2.60. The lowest BCUT2D eigenvalue weighted by Crippen LogP contribution is -2.26. The summed E-state index contributed by atoms with van der Waals surface area (Å²) in [5.41, 5.74) is -2.07. The first-order valence-electron chi connectivity index (χ1n) is 5.93. The van der Waals surface area contributed by atoms with Crippen molar-refractivity contribution in [2.75, 3.05) is 7.05 Å². The van der Waals surface area contributed by atoms with Gasteiger partial charge in [-0.05, 0) is 23.3 Å². The third-order valence-corrected chi connectivity index (χ3v) is 2.88. The van der Waals surface area contributed by atoms with Crippen molar-refractivity contribution in [2.24, 2.45) is 4.99 Å². The van der Waals surface area contributed by atoms with E-state index in [0.717, 1.165) is 19.2 Å². The van der Waals surface area contributed by atoms with Crippen LogP contribution >= 0.6 is 0 Å². The molecule has 0 spiro atoms. The highest BCUT2D eigenvalue weighted by atomic mass is 19.4. The van der Waals surface area contributed by atoms with Crippen LogP contribution in [0, 0.1) is 11.6 Å². The first-order chi connectivity index (χ1) is 9.84. The summed E-state index contributed by atoms with van der Waals surface area (Å²) < 4.78 is 66.1. The van der Waals surface area contributed by atoms with Crippen LogP contribution in [0.2, 0.25) is 0 Å². The predicted octanol–water partition coefficient (Wildman–Crippen LogP) is 4.61. The van der Waals surface area contributed by atoms with Gasteiger partial charge >= 0.3 is 6.18 Å². The fraction of sp³-hybridized carbons (Fsp3) is 0.133. The molecule has 0 aromatic heterocycles. The second-order valence-corrected chi connectivity index (χ2v) is 4.25. The molecule has 2 aromatic rings. The van der Waals surface area contributed by atoms with Crippen LogP contribution in [0.4, 0.5) is 22.0 Å². The van der Waals surface area contributed by atoms with Crippen molar-refractivity contribution >= 4 is 5.71 Å². The van der Waals surface area contributed by atoms with E-state index in [2.05, 4.69) is 4.99 Å². The molecule has 0 atom stereocenters. The number of hydrogen-bond acceptors (Lipinski definition) is 1. The van der Waals surface area contributed by atoms with Gasteiger partial charge in [0.25, 0.3) is 0 Å². The minimum Gasteiger partial charge on any atom is -0.283 e. The van der Waals surface area contributed by atoms with Gasteiger partial charge in [0, 0.05) is 7.05 Å². The number of benzene rings is 2. The molecule has 0 aliphatic carbocycles. The van der Waals surface area contributed by atoms with E-state index in [1.165, 1.54) is 0 Å². The number of halogens is 5. The van der Waals surface area contributed by atoms with E-state index in [4.69, 9.17) is 0 Å². The molecule has 0 N–H and O–H groups in total. The lowest BCUT2D eigenvalue weighted by molar-refractivity contribution is -0.0584. The van der Waals surface area contributed by atoms with Crippen LogP contribution in [-0.2, 0) is 0 Å². The number of rotatable bonds is 2. The van der Waals surface area contributed by atoms with Crippen LogP contribution in [0.15, 0.2) is 47.5 Å². The van der Waals surface area contributed by atoms with Crippen molar-refractivity contribution in [1.29, 1.82) is 0 Å². The maximum Gasteiger partial charge on any atom is 0.433 e. The Labute approximate surface area is 117 Å². The molecule has 2 rings (SSSR count). The van der Waals surface area contributed by atoms with Gasteiger partial charge in [-0.2, -0.15) is 13.2 Å². The molecule has 0 amide bonds. The van der Waals surface area contributed by atoms with Gasteiger partial charge in [-0.3, -0.25) is 4.99 Å². The van der Waals surface area contributed by atoms with E-state index < -0.39 is 29.1 Å². The second-order valence-electron chi connectivity index (χ2n) is 4.25. The maximum atomic E-state index is 13.9. The summed E-state index contributed by atoms with van der Waals surface area (Å²) in [4.78, 5) is 2.97. The van der Waals surface area contributed by atoms with Gasteiger partial charge in [0.05, 0.1) is 5.56 Å². The molecule has 1 nitrogen and oxygen atoms in total. The summed E-state index contributed by atoms with van der Waals surface area (Å²) in [6.07, 6.45) is -4.93. The third kappa shape index (κ3) is 3.09. The molecule has 0 unspecified atom stereocenters.